The van der Waals surface area contributed by atoms with Crippen LogP contribution in [0.3, 0.4) is 0 Å². The van der Waals surface area contributed by atoms with Gasteiger partial charge in [0.05, 0.1) is 6.61 Å². The highest BCUT2D eigenvalue weighted by atomic mass is 16.4. The predicted octanol–water partition coefficient (Wildman–Crippen LogP) is 0.260. The first kappa shape index (κ1) is 16.9. The molecule has 1 fully saturated rings. The van der Waals surface area contributed by atoms with Crippen LogP contribution in [0.2, 0.25) is 0 Å². The Morgan fingerprint density at radius 3 is 2.30 bits per heavy atom. The molecule has 0 aromatic heterocycles. The third-order valence-electron chi connectivity index (χ3n) is 3.68. The monoisotopic (exact) mass is 286 g/mol. The highest BCUT2D eigenvalue weighted by Crippen LogP contribution is 2.28. The lowest BCUT2D eigenvalue weighted by atomic mass is 9.80. The summed E-state index contributed by atoms with van der Waals surface area (Å²) in [7, 11) is 0. The lowest BCUT2D eigenvalue weighted by Gasteiger charge is -2.31. The molecule has 1 saturated heterocycles. The molecule has 0 saturated carbocycles. The molecule has 1 rings (SSSR count). The van der Waals surface area contributed by atoms with E-state index in [1.807, 2.05) is 0 Å². The maximum Gasteiger partial charge on any atom is 0.316 e. The number of rotatable bonds is 4. The van der Waals surface area contributed by atoms with E-state index in [0.29, 0.717) is 26.2 Å². The number of carboxylic acid groups (broad SMARTS) is 1. The molecule has 0 bridgehead atoms. The highest BCUT2D eigenvalue weighted by Gasteiger charge is 2.40. The van der Waals surface area contributed by atoms with Crippen molar-refractivity contribution in [1.29, 1.82) is 0 Å². The maximum absolute atomic E-state index is 12.5. The Hall–Kier alpha value is -1.14. The Balaban J connectivity index is 2.73. The van der Waals surface area contributed by atoms with E-state index in [9.17, 15) is 14.7 Å². The largest absolute Gasteiger partial charge is 0.481 e. The second-order valence-electron chi connectivity index (χ2n) is 6.38. The summed E-state index contributed by atoms with van der Waals surface area (Å²) >= 11 is 0. The number of hydrogen-bond donors (Lipinski definition) is 2. The molecule has 0 aromatic carbocycles. The van der Waals surface area contributed by atoms with Crippen LogP contribution in [0.5, 0.6) is 0 Å². The number of aliphatic hydroxyl groups excluding tert-OH is 1. The minimum absolute atomic E-state index is 0.105. The van der Waals surface area contributed by atoms with E-state index in [1.54, 1.807) is 25.7 Å². The summed E-state index contributed by atoms with van der Waals surface area (Å²) < 4.78 is 0. The predicted molar refractivity (Wildman–Crippen MR) is 75.3 cm³/mol. The van der Waals surface area contributed by atoms with Crippen molar-refractivity contribution in [2.24, 2.45) is 11.3 Å². The number of aliphatic hydroxyl groups is 1. The highest BCUT2D eigenvalue weighted by molar-refractivity contribution is 5.97. The molecule has 0 radical (unpaired) electrons. The van der Waals surface area contributed by atoms with Crippen LogP contribution in [0, 0.1) is 11.3 Å². The fourth-order valence-corrected chi connectivity index (χ4v) is 2.59. The van der Waals surface area contributed by atoms with Crippen molar-refractivity contribution in [3.8, 4) is 0 Å². The minimum atomic E-state index is -1.06. The maximum atomic E-state index is 12.5. The van der Waals surface area contributed by atoms with Crippen LogP contribution in [0.4, 0.5) is 0 Å². The topological polar surface area (TPSA) is 81.1 Å². The molecule has 116 valence electrons. The zero-order valence-electron chi connectivity index (χ0n) is 12.6. The summed E-state index contributed by atoms with van der Waals surface area (Å²) in [6.07, 6.45) is 0.808. The molecule has 1 amide bonds. The van der Waals surface area contributed by atoms with Crippen LogP contribution in [0.15, 0.2) is 0 Å². The summed E-state index contributed by atoms with van der Waals surface area (Å²) in [5, 5.41) is 18.3. The van der Waals surface area contributed by atoms with Crippen LogP contribution in [-0.4, -0.2) is 71.2 Å². The molecule has 1 unspecified atom stereocenters. The van der Waals surface area contributed by atoms with Gasteiger partial charge >= 0.3 is 5.97 Å². The van der Waals surface area contributed by atoms with Crippen LogP contribution < -0.4 is 0 Å². The van der Waals surface area contributed by atoms with E-state index < -0.39 is 17.3 Å². The van der Waals surface area contributed by atoms with Gasteiger partial charge < -0.3 is 15.1 Å². The van der Waals surface area contributed by atoms with Gasteiger partial charge in [-0.15, -0.1) is 0 Å². The number of carbonyl (C=O) groups excluding carboxylic acids is 1. The van der Waals surface area contributed by atoms with Crippen LogP contribution in [-0.2, 0) is 9.59 Å². The lowest BCUT2D eigenvalue weighted by Crippen LogP contribution is -2.46. The fraction of sp³-hybridized carbons (Fsp3) is 0.857. The van der Waals surface area contributed by atoms with E-state index in [1.165, 1.54) is 0 Å². The molecule has 1 aliphatic rings. The fourth-order valence-electron chi connectivity index (χ4n) is 2.59. The van der Waals surface area contributed by atoms with E-state index >= 15 is 0 Å². The quantitative estimate of drug-likeness (QED) is 0.725. The van der Waals surface area contributed by atoms with Crippen molar-refractivity contribution in [3.63, 3.8) is 0 Å². The van der Waals surface area contributed by atoms with Gasteiger partial charge in [-0.25, -0.2) is 0 Å². The standard InChI is InChI=1S/C14H26N2O4/c1-14(2,3)11(13(19)20)12(18)16-6-4-5-15(7-8-16)9-10-17/h11,17H,4-10H2,1-3H3,(H,19,20). The lowest BCUT2D eigenvalue weighted by molar-refractivity contribution is -0.156. The van der Waals surface area contributed by atoms with Gasteiger partial charge in [-0.2, -0.15) is 0 Å². The van der Waals surface area contributed by atoms with Gasteiger partial charge in [0.1, 0.15) is 5.92 Å². The molecule has 0 aliphatic carbocycles. The van der Waals surface area contributed by atoms with E-state index in [0.717, 1.165) is 13.0 Å². The first-order valence-corrected chi connectivity index (χ1v) is 7.12. The minimum Gasteiger partial charge on any atom is -0.481 e. The summed E-state index contributed by atoms with van der Waals surface area (Å²) in [5.74, 6) is -2.36. The number of hydrogen-bond acceptors (Lipinski definition) is 4. The second kappa shape index (κ2) is 7.04. The average molecular weight is 286 g/mol. The Bertz CT molecular complexity index is 352. The Labute approximate surface area is 120 Å². The Kier molecular flexibility index (Phi) is 5.95. The zero-order valence-corrected chi connectivity index (χ0v) is 12.6. The molecular formula is C14H26N2O4. The van der Waals surface area contributed by atoms with Crippen molar-refractivity contribution in [3.05, 3.63) is 0 Å². The van der Waals surface area contributed by atoms with Gasteiger partial charge in [-0.3, -0.25) is 14.5 Å². The number of carboxylic acids is 1. The summed E-state index contributed by atoms with van der Waals surface area (Å²) in [5.41, 5.74) is -0.597. The van der Waals surface area contributed by atoms with Crippen LogP contribution in [0.25, 0.3) is 0 Å². The molecule has 1 aliphatic heterocycles. The SMILES string of the molecule is CC(C)(C)C(C(=O)O)C(=O)N1CCCN(CCO)CC1. The van der Waals surface area contributed by atoms with E-state index in [-0.39, 0.29) is 12.5 Å². The molecule has 1 heterocycles. The molecule has 6 heteroatoms. The van der Waals surface area contributed by atoms with Gasteiger partial charge in [-0.05, 0) is 18.4 Å². The van der Waals surface area contributed by atoms with Crippen molar-refractivity contribution in [1.82, 2.24) is 9.80 Å². The van der Waals surface area contributed by atoms with Crippen LogP contribution >= 0.6 is 0 Å². The number of carbonyl (C=O) groups is 2. The van der Waals surface area contributed by atoms with Crippen molar-refractivity contribution in [2.75, 3.05) is 39.3 Å². The molecule has 2 N–H and O–H groups in total. The number of aliphatic carboxylic acids is 1. The van der Waals surface area contributed by atoms with Gasteiger partial charge in [-0.1, -0.05) is 20.8 Å². The van der Waals surface area contributed by atoms with Gasteiger partial charge in [0, 0.05) is 26.2 Å². The third-order valence-corrected chi connectivity index (χ3v) is 3.68. The normalized spacial score (nSPS) is 19.5. The van der Waals surface area contributed by atoms with Crippen molar-refractivity contribution in [2.45, 2.75) is 27.2 Å². The Morgan fingerprint density at radius 1 is 1.15 bits per heavy atom. The number of β-amino-alcohol motifs (C(OH)–C–C–N with tert-alkyl or cyclic N) is 1. The number of amides is 1. The first-order chi connectivity index (χ1) is 9.27. The molecular weight excluding hydrogens is 260 g/mol. The van der Waals surface area contributed by atoms with Crippen molar-refractivity contribution >= 4 is 11.9 Å². The molecule has 20 heavy (non-hydrogen) atoms. The van der Waals surface area contributed by atoms with Gasteiger partial charge in [0.25, 0.3) is 0 Å². The van der Waals surface area contributed by atoms with Gasteiger partial charge in [0.15, 0.2) is 0 Å². The zero-order chi connectivity index (χ0) is 15.3. The van der Waals surface area contributed by atoms with E-state index in [2.05, 4.69) is 4.90 Å². The van der Waals surface area contributed by atoms with Crippen LogP contribution in [0.1, 0.15) is 27.2 Å². The van der Waals surface area contributed by atoms with Gasteiger partial charge in [0.2, 0.25) is 5.91 Å². The van der Waals surface area contributed by atoms with Crippen molar-refractivity contribution < 1.29 is 19.8 Å². The molecule has 0 aromatic rings. The molecule has 6 nitrogen and oxygen atoms in total. The smallest absolute Gasteiger partial charge is 0.316 e. The van der Waals surface area contributed by atoms with E-state index in [4.69, 9.17) is 5.11 Å². The number of nitrogens with zero attached hydrogens (tertiary/aromatic N) is 2. The molecule has 1 atom stereocenters. The average Bonchev–Trinajstić information content (AvgIpc) is 2.52. The molecule has 0 spiro atoms. The summed E-state index contributed by atoms with van der Waals surface area (Å²) in [6.45, 7) is 8.66. The second-order valence-corrected chi connectivity index (χ2v) is 6.38. The third kappa shape index (κ3) is 4.45. The summed E-state index contributed by atoms with van der Waals surface area (Å²) in [6, 6.07) is 0. The summed E-state index contributed by atoms with van der Waals surface area (Å²) in [4.78, 5) is 27.6. The first-order valence-electron chi connectivity index (χ1n) is 7.12. The Morgan fingerprint density at radius 2 is 1.80 bits per heavy atom.